The Hall–Kier alpha value is -2.66. The van der Waals surface area contributed by atoms with Crippen LogP contribution in [0.25, 0.3) is 22.2 Å². The van der Waals surface area contributed by atoms with E-state index in [1.165, 1.54) is 4.68 Å². The van der Waals surface area contributed by atoms with Crippen LogP contribution in [0.15, 0.2) is 42.5 Å². The zero-order valence-electron chi connectivity index (χ0n) is 14.9. The third kappa shape index (κ3) is 3.56. The van der Waals surface area contributed by atoms with Crippen molar-refractivity contribution < 1.29 is 14.6 Å². The molecule has 1 N–H and O–H groups in total. The van der Waals surface area contributed by atoms with Gasteiger partial charge in [0.05, 0.1) is 12.1 Å². The molecule has 0 aliphatic rings. The molecule has 0 fully saturated rings. The zero-order chi connectivity index (χ0) is 18.2. The van der Waals surface area contributed by atoms with Gasteiger partial charge in [0.1, 0.15) is 11.3 Å². The third-order valence-electron chi connectivity index (χ3n) is 3.78. The van der Waals surface area contributed by atoms with Crippen LogP contribution in [0.2, 0.25) is 0 Å². The summed E-state index contributed by atoms with van der Waals surface area (Å²) in [6, 6.07) is 13.3. The molecule has 0 amide bonds. The molecule has 0 spiro atoms. The topological polar surface area (TPSA) is 64.4 Å². The summed E-state index contributed by atoms with van der Waals surface area (Å²) in [5.74, 6) is 0. The molecule has 130 valence electrons. The number of aromatic nitrogens is 2. The zero-order valence-corrected chi connectivity index (χ0v) is 14.9. The van der Waals surface area contributed by atoms with E-state index in [1.54, 1.807) is 0 Å². The summed E-state index contributed by atoms with van der Waals surface area (Å²) >= 11 is 0. The fraction of sp³-hybridized carbons (Fsp3) is 0.300. The van der Waals surface area contributed by atoms with Crippen LogP contribution >= 0.6 is 0 Å². The minimum atomic E-state index is -0.600. The number of nitrogens with zero attached hydrogens (tertiary/aromatic N) is 2. The number of hydrogen-bond acceptors (Lipinski definition) is 4. The fourth-order valence-corrected chi connectivity index (χ4v) is 2.71. The van der Waals surface area contributed by atoms with Crippen molar-refractivity contribution in [1.82, 2.24) is 9.78 Å². The van der Waals surface area contributed by atoms with Crippen LogP contribution in [0.5, 0.6) is 0 Å². The predicted octanol–water partition coefficient (Wildman–Crippen LogP) is 4.29. The first kappa shape index (κ1) is 17.2. The van der Waals surface area contributed by atoms with E-state index in [-0.39, 0.29) is 6.61 Å². The SMILES string of the molecule is Cc1ccc2c(c1)c(-c1cccc(CO)c1)nn2C(=O)OC(C)(C)C. The average molecular weight is 338 g/mol. The van der Waals surface area contributed by atoms with Gasteiger partial charge in [0.2, 0.25) is 0 Å². The van der Waals surface area contributed by atoms with Crippen molar-refractivity contribution in [1.29, 1.82) is 0 Å². The Balaban J connectivity index is 2.19. The van der Waals surface area contributed by atoms with Crippen LogP contribution < -0.4 is 0 Å². The number of ether oxygens (including phenoxy) is 1. The number of aryl methyl sites for hydroxylation is 1. The third-order valence-corrected chi connectivity index (χ3v) is 3.78. The highest BCUT2D eigenvalue weighted by Gasteiger charge is 2.22. The Morgan fingerprint density at radius 1 is 1.20 bits per heavy atom. The summed E-state index contributed by atoms with van der Waals surface area (Å²) in [5.41, 5.74) is 3.52. The first-order valence-corrected chi connectivity index (χ1v) is 8.21. The number of benzene rings is 2. The quantitative estimate of drug-likeness (QED) is 0.757. The standard InChI is InChI=1S/C20H22N2O3/c1-13-8-9-17-16(10-13)18(15-7-5-6-14(11-15)12-23)21-22(17)19(24)25-20(2,3)4/h5-11,23H,12H2,1-4H3. The van der Waals surface area contributed by atoms with Gasteiger partial charge >= 0.3 is 6.09 Å². The van der Waals surface area contributed by atoms with Crippen molar-refractivity contribution in [2.75, 3.05) is 0 Å². The second-order valence-corrected chi connectivity index (χ2v) is 7.12. The van der Waals surface area contributed by atoms with Crippen LogP contribution in [0.3, 0.4) is 0 Å². The Morgan fingerprint density at radius 2 is 1.96 bits per heavy atom. The van der Waals surface area contributed by atoms with Crippen LogP contribution in [0.1, 0.15) is 31.9 Å². The number of carbonyl (C=O) groups is 1. The lowest BCUT2D eigenvalue weighted by molar-refractivity contribution is 0.0523. The molecule has 0 atom stereocenters. The molecule has 0 aliphatic heterocycles. The van der Waals surface area contributed by atoms with Gasteiger partial charge in [-0.2, -0.15) is 9.78 Å². The van der Waals surface area contributed by atoms with E-state index in [4.69, 9.17) is 4.74 Å². The van der Waals surface area contributed by atoms with E-state index in [0.29, 0.717) is 11.2 Å². The van der Waals surface area contributed by atoms with Crippen molar-refractivity contribution in [3.8, 4) is 11.3 Å². The van der Waals surface area contributed by atoms with Gasteiger partial charge in [0, 0.05) is 10.9 Å². The highest BCUT2D eigenvalue weighted by atomic mass is 16.6. The van der Waals surface area contributed by atoms with E-state index < -0.39 is 11.7 Å². The minimum Gasteiger partial charge on any atom is -0.442 e. The van der Waals surface area contributed by atoms with Crippen LogP contribution in [-0.4, -0.2) is 26.6 Å². The van der Waals surface area contributed by atoms with Crippen molar-refractivity contribution >= 4 is 17.0 Å². The lowest BCUT2D eigenvalue weighted by atomic mass is 10.0. The molecule has 0 saturated heterocycles. The number of hydrogen-bond donors (Lipinski definition) is 1. The summed E-state index contributed by atoms with van der Waals surface area (Å²) in [6.07, 6.45) is -0.508. The average Bonchev–Trinajstić information content (AvgIpc) is 2.92. The lowest BCUT2D eigenvalue weighted by Crippen LogP contribution is -2.27. The molecular formula is C20H22N2O3. The van der Waals surface area contributed by atoms with Gasteiger partial charge in [-0.05, 0) is 51.5 Å². The van der Waals surface area contributed by atoms with E-state index in [9.17, 15) is 9.90 Å². The van der Waals surface area contributed by atoms with Crippen molar-refractivity contribution in [3.05, 3.63) is 53.6 Å². The van der Waals surface area contributed by atoms with Crippen LogP contribution in [0.4, 0.5) is 4.79 Å². The number of carbonyl (C=O) groups excluding carboxylic acids is 1. The first-order chi connectivity index (χ1) is 11.8. The molecular weight excluding hydrogens is 316 g/mol. The highest BCUT2D eigenvalue weighted by Crippen LogP contribution is 2.30. The Morgan fingerprint density at radius 3 is 2.64 bits per heavy atom. The van der Waals surface area contributed by atoms with E-state index in [2.05, 4.69) is 5.10 Å². The number of rotatable bonds is 2. The van der Waals surface area contributed by atoms with Gasteiger partial charge in [-0.25, -0.2) is 4.79 Å². The first-order valence-electron chi connectivity index (χ1n) is 8.21. The van der Waals surface area contributed by atoms with E-state index >= 15 is 0 Å². The van der Waals surface area contributed by atoms with Crippen molar-refractivity contribution in [2.24, 2.45) is 0 Å². The maximum Gasteiger partial charge on any atom is 0.435 e. The smallest absolute Gasteiger partial charge is 0.435 e. The molecule has 5 heteroatoms. The molecule has 0 aliphatic carbocycles. The monoisotopic (exact) mass is 338 g/mol. The van der Waals surface area contributed by atoms with Gasteiger partial charge < -0.3 is 9.84 Å². The molecule has 0 unspecified atom stereocenters. The Bertz CT molecular complexity index is 936. The van der Waals surface area contributed by atoms with E-state index in [1.807, 2.05) is 70.2 Å². The summed E-state index contributed by atoms with van der Waals surface area (Å²) in [4.78, 5) is 12.6. The summed E-state index contributed by atoms with van der Waals surface area (Å²) in [6.45, 7) is 7.43. The fourth-order valence-electron chi connectivity index (χ4n) is 2.71. The van der Waals surface area contributed by atoms with Gasteiger partial charge in [-0.3, -0.25) is 0 Å². The molecule has 1 aromatic heterocycles. The Kier molecular flexibility index (Phi) is 4.35. The minimum absolute atomic E-state index is 0.0441. The second-order valence-electron chi connectivity index (χ2n) is 7.12. The molecule has 25 heavy (non-hydrogen) atoms. The van der Waals surface area contributed by atoms with Gasteiger partial charge in [0.25, 0.3) is 0 Å². The van der Waals surface area contributed by atoms with Crippen molar-refractivity contribution in [3.63, 3.8) is 0 Å². The molecule has 0 bridgehead atoms. The van der Waals surface area contributed by atoms with Crippen LogP contribution in [-0.2, 0) is 11.3 Å². The molecule has 0 radical (unpaired) electrons. The van der Waals surface area contributed by atoms with Gasteiger partial charge in [-0.15, -0.1) is 0 Å². The van der Waals surface area contributed by atoms with Crippen molar-refractivity contribution in [2.45, 2.75) is 39.9 Å². The highest BCUT2D eigenvalue weighted by molar-refractivity contribution is 5.98. The number of fused-ring (bicyclic) bond motifs is 1. The normalized spacial score (nSPS) is 11.7. The summed E-state index contributed by atoms with van der Waals surface area (Å²) in [7, 11) is 0. The second kappa shape index (κ2) is 6.33. The van der Waals surface area contributed by atoms with E-state index in [0.717, 1.165) is 22.1 Å². The largest absolute Gasteiger partial charge is 0.442 e. The molecule has 3 rings (SSSR count). The molecule has 5 nitrogen and oxygen atoms in total. The Labute approximate surface area is 146 Å². The van der Waals surface area contributed by atoms with Gasteiger partial charge in [-0.1, -0.05) is 29.8 Å². The molecule has 3 aromatic rings. The maximum atomic E-state index is 12.6. The molecule has 0 saturated carbocycles. The predicted molar refractivity (Wildman–Crippen MR) is 97.5 cm³/mol. The summed E-state index contributed by atoms with van der Waals surface area (Å²) in [5, 5.41) is 14.8. The molecule has 1 heterocycles. The maximum absolute atomic E-state index is 12.6. The number of aliphatic hydroxyl groups excluding tert-OH is 1. The lowest BCUT2D eigenvalue weighted by Gasteiger charge is -2.19. The number of aliphatic hydroxyl groups is 1. The molecule has 2 aromatic carbocycles. The van der Waals surface area contributed by atoms with Crippen LogP contribution in [0, 0.1) is 6.92 Å². The summed E-state index contributed by atoms with van der Waals surface area (Å²) < 4.78 is 6.78. The van der Waals surface area contributed by atoms with Gasteiger partial charge in [0.15, 0.2) is 0 Å².